The second kappa shape index (κ2) is 4.85. The third-order valence-electron chi connectivity index (χ3n) is 4.00. The molecule has 2 N–H and O–H groups in total. The first-order valence-corrected chi connectivity index (χ1v) is 8.24. The van der Waals surface area contributed by atoms with Crippen LogP contribution in [0.4, 0.5) is 5.82 Å². The molecular weight excluding hydrogens is 288 g/mol. The second-order valence-electron chi connectivity index (χ2n) is 5.26. The number of nitrogens with two attached hydrogens (primary N) is 1. The van der Waals surface area contributed by atoms with E-state index < -0.39 is 10.0 Å². The number of aromatic nitrogens is 2. The molecule has 1 aliphatic rings. The topological polar surface area (TPSA) is 81.2 Å². The summed E-state index contributed by atoms with van der Waals surface area (Å²) in [5.41, 5.74) is 7.69. The summed E-state index contributed by atoms with van der Waals surface area (Å²) in [6.45, 7) is 5.06. The molecule has 0 radical (unpaired) electrons. The van der Waals surface area contributed by atoms with E-state index in [0.29, 0.717) is 18.9 Å². The highest BCUT2D eigenvalue weighted by molar-refractivity contribution is 7.89. The molecule has 2 aromatic heterocycles. The lowest BCUT2D eigenvalue weighted by atomic mass is 10.2. The molecule has 0 saturated heterocycles. The molecule has 1 atom stereocenters. The summed E-state index contributed by atoms with van der Waals surface area (Å²) in [5.74, 6) is 0.310. The van der Waals surface area contributed by atoms with Gasteiger partial charge in [0.25, 0.3) is 0 Å². The summed E-state index contributed by atoms with van der Waals surface area (Å²) in [6, 6.07) is 6.82. The number of aryl methyl sites for hydroxylation is 1. The van der Waals surface area contributed by atoms with Crippen LogP contribution < -0.4 is 5.73 Å². The first-order valence-electron chi connectivity index (χ1n) is 6.80. The van der Waals surface area contributed by atoms with E-state index in [0.717, 1.165) is 11.4 Å². The zero-order chi connectivity index (χ0) is 15.2. The number of fused-ring (bicyclic) bond motifs is 1. The SMILES string of the molecule is Cc1ccc2n1CCN(S(=O)(=O)c1ccc(N)nc1)C2C. The molecule has 0 saturated carbocycles. The number of hydrogen-bond acceptors (Lipinski definition) is 4. The number of sulfonamides is 1. The first-order chi connectivity index (χ1) is 9.91. The Labute approximate surface area is 124 Å². The quantitative estimate of drug-likeness (QED) is 0.912. The van der Waals surface area contributed by atoms with E-state index in [2.05, 4.69) is 9.55 Å². The van der Waals surface area contributed by atoms with Gasteiger partial charge in [0.15, 0.2) is 0 Å². The van der Waals surface area contributed by atoms with E-state index in [1.165, 1.54) is 22.6 Å². The molecule has 6 nitrogen and oxygen atoms in total. The number of pyridine rings is 1. The smallest absolute Gasteiger partial charge is 0.245 e. The molecule has 0 spiro atoms. The van der Waals surface area contributed by atoms with Crippen molar-refractivity contribution in [3.05, 3.63) is 41.9 Å². The molecule has 0 aromatic carbocycles. The van der Waals surface area contributed by atoms with E-state index in [4.69, 9.17) is 5.73 Å². The van der Waals surface area contributed by atoms with Crippen molar-refractivity contribution >= 4 is 15.8 Å². The van der Waals surface area contributed by atoms with Gasteiger partial charge in [0, 0.05) is 30.7 Å². The molecule has 0 aliphatic carbocycles. The Balaban J connectivity index is 1.99. The fourth-order valence-electron chi connectivity index (χ4n) is 2.81. The van der Waals surface area contributed by atoms with Crippen LogP contribution in [0.2, 0.25) is 0 Å². The standard InChI is InChI=1S/C14H18N4O2S/c1-10-3-5-13-11(2)18(8-7-17(10)13)21(19,20)12-4-6-14(15)16-9-12/h3-6,9,11H,7-8H2,1-2H3,(H2,15,16). The fraction of sp³-hybridized carbons (Fsp3) is 0.357. The molecule has 1 unspecified atom stereocenters. The van der Waals surface area contributed by atoms with Crippen molar-refractivity contribution in [1.29, 1.82) is 0 Å². The van der Waals surface area contributed by atoms with Gasteiger partial charge < -0.3 is 10.3 Å². The summed E-state index contributed by atoms with van der Waals surface area (Å²) in [6.07, 6.45) is 1.32. The Morgan fingerprint density at radius 3 is 2.67 bits per heavy atom. The fourth-order valence-corrected chi connectivity index (χ4v) is 4.35. The highest BCUT2D eigenvalue weighted by Gasteiger charge is 2.34. The van der Waals surface area contributed by atoms with Gasteiger partial charge in [0.05, 0.1) is 6.04 Å². The third kappa shape index (κ3) is 2.22. The van der Waals surface area contributed by atoms with Crippen LogP contribution in [-0.4, -0.2) is 28.8 Å². The molecule has 7 heteroatoms. The van der Waals surface area contributed by atoms with Gasteiger partial charge in [-0.05, 0) is 38.1 Å². The number of nitrogen functional groups attached to an aromatic ring is 1. The second-order valence-corrected chi connectivity index (χ2v) is 7.15. The van der Waals surface area contributed by atoms with Crippen LogP contribution in [0.5, 0.6) is 0 Å². The van der Waals surface area contributed by atoms with Crippen molar-refractivity contribution in [1.82, 2.24) is 13.9 Å². The molecule has 0 bridgehead atoms. The Hall–Kier alpha value is -1.86. The molecule has 3 rings (SSSR count). The minimum atomic E-state index is -3.56. The monoisotopic (exact) mass is 306 g/mol. The van der Waals surface area contributed by atoms with E-state index in [9.17, 15) is 8.42 Å². The number of nitrogens with zero attached hydrogens (tertiary/aromatic N) is 3. The molecule has 0 fully saturated rings. The summed E-state index contributed by atoms with van der Waals surface area (Å²) >= 11 is 0. The van der Waals surface area contributed by atoms with E-state index in [1.807, 2.05) is 26.0 Å². The molecule has 3 heterocycles. The largest absolute Gasteiger partial charge is 0.384 e. The maximum atomic E-state index is 12.8. The lowest BCUT2D eigenvalue weighted by Crippen LogP contribution is -2.41. The van der Waals surface area contributed by atoms with Crippen LogP contribution in [-0.2, 0) is 16.6 Å². The average Bonchev–Trinajstić information content (AvgIpc) is 2.82. The van der Waals surface area contributed by atoms with Crippen molar-refractivity contribution in [2.75, 3.05) is 12.3 Å². The summed E-state index contributed by atoms with van der Waals surface area (Å²) in [5, 5.41) is 0. The van der Waals surface area contributed by atoms with Gasteiger partial charge in [-0.3, -0.25) is 0 Å². The maximum absolute atomic E-state index is 12.8. The van der Waals surface area contributed by atoms with Crippen LogP contribution in [0, 0.1) is 6.92 Å². The predicted molar refractivity (Wildman–Crippen MR) is 80.1 cm³/mol. The van der Waals surface area contributed by atoms with Crippen LogP contribution in [0.15, 0.2) is 35.4 Å². The Morgan fingerprint density at radius 1 is 1.24 bits per heavy atom. The van der Waals surface area contributed by atoms with E-state index in [1.54, 1.807) is 0 Å². The lowest BCUT2D eigenvalue weighted by molar-refractivity contribution is 0.280. The van der Waals surface area contributed by atoms with Crippen molar-refractivity contribution in [2.45, 2.75) is 31.3 Å². The first kappa shape index (κ1) is 14.1. The van der Waals surface area contributed by atoms with Gasteiger partial charge in [-0.25, -0.2) is 13.4 Å². The molecule has 0 amide bonds. The molecule has 1 aliphatic heterocycles. The average molecular weight is 306 g/mol. The Kier molecular flexibility index (Phi) is 3.26. The zero-order valence-corrected chi connectivity index (χ0v) is 12.8. The van der Waals surface area contributed by atoms with Crippen molar-refractivity contribution in [3.8, 4) is 0 Å². The third-order valence-corrected chi connectivity index (χ3v) is 5.96. The van der Waals surface area contributed by atoms with Crippen LogP contribution >= 0.6 is 0 Å². The van der Waals surface area contributed by atoms with E-state index >= 15 is 0 Å². The highest BCUT2D eigenvalue weighted by Crippen LogP contribution is 2.31. The molecular formula is C14H18N4O2S. The number of hydrogen-bond donors (Lipinski definition) is 1. The highest BCUT2D eigenvalue weighted by atomic mass is 32.2. The Morgan fingerprint density at radius 2 is 2.00 bits per heavy atom. The zero-order valence-electron chi connectivity index (χ0n) is 12.0. The van der Waals surface area contributed by atoms with Gasteiger partial charge in [-0.2, -0.15) is 4.31 Å². The van der Waals surface area contributed by atoms with E-state index in [-0.39, 0.29) is 10.9 Å². The van der Waals surface area contributed by atoms with Crippen molar-refractivity contribution in [3.63, 3.8) is 0 Å². The molecule has 112 valence electrons. The maximum Gasteiger partial charge on any atom is 0.245 e. The van der Waals surface area contributed by atoms with Crippen molar-refractivity contribution < 1.29 is 8.42 Å². The Bertz CT molecular complexity index is 765. The normalized spacial score (nSPS) is 19.4. The minimum Gasteiger partial charge on any atom is -0.384 e. The van der Waals surface area contributed by atoms with Gasteiger partial charge in [0.2, 0.25) is 10.0 Å². The van der Waals surface area contributed by atoms with Gasteiger partial charge in [-0.1, -0.05) is 0 Å². The summed E-state index contributed by atoms with van der Waals surface area (Å²) in [4.78, 5) is 4.06. The summed E-state index contributed by atoms with van der Waals surface area (Å²) < 4.78 is 29.2. The molecule has 21 heavy (non-hydrogen) atoms. The van der Waals surface area contributed by atoms with Gasteiger partial charge >= 0.3 is 0 Å². The molecule has 2 aromatic rings. The van der Waals surface area contributed by atoms with Gasteiger partial charge in [0.1, 0.15) is 10.7 Å². The minimum absolute atomic E-state index is 0.181. The van der Waals surface area contributed by atoms with Crippen LogP contribution in [0.25, 0.3) is 0 Å². The summed E-state index contributed by atoms with van der Waals surface area (Å²) in [7, 11) is -3.56. The van der Waals surface area contributed by atoms with Gasteiger partial charge in [-0.15, -0.1) is 0 Å². The van der Waals surface area contributed by atoms with Crippen LogP contribution in [0.1, 0.15) is 24.4 Å². The lowest BCUT2D eigenvalue weighted by Gasteiger charge is -2.34. The number of rotatable bonds is 2. The van der Waals surface area contributed by atoms with Crippen LogP contribution in [0.3, 0.4) is 0 Å². The van der Waals surface area contributed by atoms with Crippen molar-refractivity contribution in [2.24, 2.45) is 0 Å². The number of anilines is 1. The predicted octanol–water partition coefficient (Wildman–Crippen LogP) is 1.54.